The molecule has 0 bridgehead atoms. The maximum Gasteiger partial charge on any atom is 2.00 e. The van der Waals surface area contributed by atoms with Gasteiger partial charge in [0.15, 0.2) is 0 Å². The Morgan fingerprint density at radius 1 is 1.19 bits per heavy atom. The van der Waals surface area contributed by atoms with E-state index in [1.165, 1.54) is 5.56 Å². The first-order chi connectivity index (χ1) is 7.00. The van der Waals surface area contributed by atoms with Crippen LogP contribution in [0.2, 0.25) is 0 Å². The van der Waals surface area contributed by atoms with Crippen LogP contribution in [0.4, 0.5) is 0 Å². The summed E-state index contributed by atoms with van der Waals surface area (Å²) >= 11 is 0. The fourth-order valence-electron chi connectivity index (χ4n) is 1.56. The average Bonchev–Trinajstić information content (AvgIpc) is 2.17. The SMILES string of the molecule is CC(C)Cc1ccc(C(C)C(=O)O)cc1.[Ca+2]. The number of carboxylic acid groups (broad SMARTS) is 1. The molecule has 0 radical (unpaired) electrons. The van der Waals surface area contributed by atoms with E-state index in [1.807, 2.05) is 24.3 Å². The second-order valence-corrected chi connectivity index (χ2v) is 4.40. The molecule has 1 aromatic carbocycles. The van der Waals surface area contributed by atoms with Gasteiger partial charge in [-0.1, -0.05) is 38.1 Å². The number of hydrogen-bond acceptors (Lipinski definition) is 1. The topological polar surface area (TPSA) is 37.3 Å². The van der Waals surface area contributed by atoms with Crippen molar-refractivity contribution in [1.29, 1.82) is 0 Å². The van der Waals surface area contributed by atoms with E-state index in [4.69, 9.17) is 5.11 Å². The van der Waals surface area contributed by atoms with E-state index < -0.39 is 11.9 Å². The Bertz CT molecular complexity index is 330. The Labute approximate surface area is 127 Å². The first-order valence-corrected chi connectivity index (χ1v) is 5.32. The molecule has 0 saturated heterocycles. The fourth-order valence-corrected chi connectivity index (χ4v) is 1.56. The molecule has 0 heterocycles. The van der Waals surface area contributed by atoms with Crippen LogP contribution in [-0.2, 0) is 11.2 Å². The van der Waals surface area contributed by atoms with Gasteiger partial charge in [0.2, 0.25) is 0 Å². The minimum Gasteiger partial charge on any atom is -0.481 e. The van der Waals surface area contributed by atoms with Gasteiger partial charge in [-0.25, -0.2) is 0 Å². The molecule has 2 nitrogen and oxygen atoms in total. The van der Waals surface area contributed by atoms with Crippen molar-refractivity contribution in [2.75, 3.05) is 0 Å². The fraction of sp³-hybridized carbons (Fsp3) is 0.462. The van der Waals surface area contributed by atoms with Crippen LogP contribution in [0.1, 0.15) is 37.8 Å². The Kier molecular flexibility index (Phi) is 7.29. The second-order valence-electron chi connectivity index (χ2n) is 4.40. The van der Waals surface area contributed by atoms with Gasteiger partial charge in [-0.3, -0.25) is 4.79 Å². The van der Waals surface area contributed by atoms with Gasteiger partial charge in [0.05, 0.1) is 5.92 Å². The van der Waals surface area contributed by atoms with Gasteiger partial charge in [0.25, 0.3) is 0 Å². The predicted octanol–water partition coefficient (Wildman–Crippen LogP) is 2.69. The summed E-state index contributed by atoms with van der Waals surface area (Å²) in [5, 5.41) is 8.85. The maximum absolute atomic E-state index is 10.8. The van der Waals surface area contributed by atoms with Crippen molar-refractivity contribution in [2.45, 2.75) is 33.1 Å². The van der Waals surface area contributed by atoms with Crippen molar-refractivity contribution in [2.24, 2.45) is 5.92 Å². The van der Waals surface area contributed by atoms with Crippen molar-refractivity contribution >= 4 is 43.7 Å². The van der Waals surface area contributed by atoms with Gasteiger partial charge in [-0.15, -0.1) is 0 Å². The predicted molar refractivity (Wildman–Crippen MR) is 66.8 cm³/mol. The summed E-state index contributed by atoms with van der Waals surface area (Å²) in [6, 6.07) is 7.87. The van der Waals surface area contributed by atoms with Crippen molar-refractivity contribution in [3.63, 3.8) is 0 Å². The van der Waals surface area contributed by atoms with Crippen LogP contribution in [-0.4, -0.2) is 48.8 Å². The van der Waals surface area contributed by atoms with Crippen molar-refractivity contribution in [1.82, 2.24) is 0 Å². The molecule has 1 aromatic rings. The van der Waals surface area contributed by atoms with Crippen LogP contribution in [0.3, 0.4) is 0 Å². The number of rotatable bonds is 4. The summed E-state index contributed by atoms with van der Waals surface area (Å²) in [7, 11) is 0. The van der Waals surface area contributed by atoms with Gasteiger partial charge in [0, 0.05) is 0 Å². The third-order valence-corrected chi connectivity index (χ3v) is 2.49. The molecule has 0 aliphatic heterocycles. The molecule has 1 atom stereocenters. The zero-order chi connectivity index (χ0) is 11.4. The Morgan fingerprint density at radius 2 is 1.69 bits per heavy atom. The third-order valence-electron chi connectivity index (χ3n) is 2.49. The largest absolute Gasteiger partial charge is 2.00 e. The van der Waals surface area contributed by atoms with E-state index in [-0.39, 0.29) is 37.7 Å². The number of carboxylic acids is 1. The minimum absolute atomic E-state index is 0. The molecule has 0 saturated carbocycles. The summed E-state index contributed by atoms with van der Waals surface area (Å²) in [6.45, 7) is 6.06. The molecule has 0 spiro atoms. The zero-order valence-corrected chi connectivity index (χ0v) is 12.4. The quantitative estimate of drug-likeness (QED) is 0.829. The molecular weight excluding hydrogens is 228 g/mol. The molecule has 3 heteroatoms. The van der Waals surface area contributed by atoms with Crippen LogP contribution in [0.25, 0.3) is 0 Å². The van der Waals surface area contributed by atoms with Crippen molar-refractivity contribution in [3.05, 3.63) is 35.4 Å². The first kappa shape index (κ1) is 15.9. The molecule has 0 amide bonds. The molecule has 0 aromatic heterocycles. The van der Waals surface area contributed by atoms with Gasteiger partial charge in [-0.05, 0) is 30.4 Å². The molecule has 1 N–H and O–H groups in total. The Balaban J connectivity index is 0.00000225. The maximum atomic E-state index is 10.8. The van der Waals surface area contributed by atoms with Crippen molar-refractivity contribution in [3.8, 4) is 0 Å². The third kappa shape index (κ3) is 4.86. The molecule has 1 rings (SSSR count). The molecule has 0 fully saturated rings. The molecule has 0 aliphatic carbocycles. The van der Waals surface area contributed by atoms with Gasteiger partial charge >= 0.3 is 43.7 Å². The number of aliphatic carboxylic acids is 1. The molecule has 82 valence electrons. The van der Waals surface area contributed by atoms with E-state index in [0.29, 0.717) is 5.92 Å². The van der Waals surface area contributed by atoms with Crippen LogP contribution in [0, 0.1) is 5.92 Å². The first-order valence-electron chi connectivity index (χ1n) is 5.32. The van der Waals surface area contributed by atoms with E-state index in [2.05, 4.69) is 13.8 Å². The van der Waals surface area contributed by atoms with E-state index in [9.17, 15) is 4.79 Å². The molecule has 1 unspecified atom stereocenters. The average molecular weight is 246 g/mol. The number of hydrogen-bond donors (Lipinski definition) is 1. The summed E-state index contributed by atoms with van der Waals surface area (Å²) in [5.41, 5.74) is 2.14. The summed E-state index contributed by atoms with van der Waals surface area (Å²) in [4.78, 5) is 10.8. The van der Waals surface area contributed by atoms with E-state index in [1.54, 1.807) is 6.92 Å². The summed E-state index contributed by atoms with van der Waals surface area (Å²) < 4.78 is 0. The second kappa shape index (κ2) is 7.31. The molecule has 0 aliphatic rings. The normalized spacial score (nSPS) is 12.0. The number of benzene rings is 1. The Hall–Kier alpha value is -0.0503. The monoisotopic (exact) mass is 246 g/mol. The van der Waals surface area contributed by atoms with E-state index in [0.717, 1.165) is 12.0 Å². The standard InChI is InChI=1S/C13H18O2.Ca/c1-9(2)8-11-4-6-12(7-5-11)10(3)13(14)15;/h4-7,9-10H,8H2,1-3H3,(H,14,15);/q;+2. The van der Waals surface area contributed by atoms with Crippen LogP contribution >= 0.6 is 0 Å². The summed E-state index contributed by atoms with van der Waals surface area (Å²) in [6.07, 6.45) is 1.04. The zero-order valence-electron chi connectivity index (χ0n) is 10.2. The Morgan fingerprint density at radius 3 is 2.06 bits per heavy atom. The minimum atomic E-state index is -0.772. The van der Waals surface area contributed by atoms with Gasteiger partial charge in [0.1, 0.15) is 0 Å². The van der Waals surface area contributed by atoms with Crippen LogP contribution in [0.15, 0.2) is 24.3 Å². The molecule has 16 heavy (non-hydrogen) atoms. The summed E-state index contributed by atoms with van der Waals surface area (Å²) in [5.74, 6) is -0.558. The van der Waals surface area contributed by atoms with Crippen LogP contribution < -0.4 is 0 Å². The van der Waals surface area contributed by atoms with Crippen molar-refractivity contribution < 1.29 is 9.90 Å². The molecular formula is C13H18CaO2+2. The van der Waals surface area contributed by atoms with Crippen LogP contribution in [0.5, 0.6) is 0 Å². The smallest absolute Gasteiger partial charge is 0.481 e. The van der Waals surface area contributed by atoms with Gasteiger partial charge in [-0.2, -0.15) is 0 Å². The van der Waals surface area contributed by atoms with Gasteiger partial charge < -0.3 is 5.11 Å². The van der Waals surface area contributed by atoms with E-state index >= 15 is 0 Å². The number of carbonyl (C=O) groups is 1.